The van der Waals surface area contributed by atoms with Crippen LogP contribution in [-0.2, 0) is 13.1 Å². The summed E-state index contributed by atoms with van der Waals surface area (Å²) >= 11 is 1.75. The minimum absolute atomic E-state index is 0.0443. The van der Waals surface area contributed by atoms with Crippen molar-refractivity contribution in [3.05, 3.63) is 40.2 Å². The molecule has 0 spiro atoms. The Morgan fingerprint density at radius 2 is 2.33 bits per heavy atom. The molecule has 1 saturated carbocycles. The van der Waals surface area contributed by atoms with Crippen LogP contribution in [0.1, 0.15) is 35.2 Å². The Morgan fingerprint density at radius 1 is 1.46 bits per heavy atom. The lowest BCUT2D eigenvalue weighted by Gasteiger charge is -2.07. The van der Waals surface area contributed by atoms with Crippen LogP contribution in [0.2, 0.25) is 0 Å². The van der Waals surface area contributed by atoms with E-state index in [4.69, 9.17) is 9.40 Å². The van der Waals surface area contributed by atoms with Gasteiger partial charge in [-0.15, -0.1) is 11.3 Å². The van der Waals surface area contributed by atoms with Crippen LogP contribution in [0.25, 0.3) is 11.3 Å². The van der Waals surface area contributed by atoms with Gasteiger partial charge in [-0.3, -0.25) is 0 Å². The second-order valence-electron chi connectivity index (χ2n) is 6.06. The summed E-state index contributed by atoms with van der Waals surface area (Å²) in [6, 6.07) is 3.90. The molecule has 1 aliphatic rings. The lowest BCUT2D eigenvalue weighted by atomic mass is 10.2. The third kappa shape index (κ3) is 3.09. The number of thiazole rings is 1. The van der Waals surface area contributed by atoms with Crippen molar-refractivity contribution in [1.82, 2.24) is 14.8 Å². The average molecular weight is 344 g/mol. The van der Waals surface area contributed by atoms with Gasteiger partial charge in [-0.25, -0.2) is 9.67 Å². The molecular formula is C17H20N4O2S. The number of anilines is 1. The molecule has 0 radical (unpaired) electrons. The highest BCUT2D eigenvalue weighted by atomic mass is 32.1. The maximum absolute atomic E-state index is 9.28. The molecule has 3 aromatic heterocycles. The fraction of sp³-hybridized carbons (Fsp3) is 0.412. The lowest BCUT2D eigenvalue weighted by Crippen LogP contribution is -2.10. The van der Waals surface area contributed by atoms with Gasteiger partial charge in [0.1, 0.15) is 11.6 Å². The van der Waals surface area contributed by atoms with E-state index in [0.29, 0.717) is 19.0 Å². The van der Waals surface area contributed by atoms with Gasteiger partial charge in [0.05, 0.1) is 42.4 Å². The predicted molar refractivity (Wildman–Crippen MR) is 93.2 cm³/mol. The summed E-state index contributed by atoms with van der Waals surface area (Å²) in [4.78, 5) is 4.70. The molecule has 1 fully saturated rings. The molecular weight excluding hydrogens is 324 g/mol. The van der Waals surface area contributed by atoms with Crippen LogP contribution in [0.3, 0.4) is 0 Å². The molecule has 0 unspecified atom stereocenters. The van der Waals surface area contributed by atoms with Gasteiger partial charge >= 0.3 is 0 Å². The first kappa shape index (κ1) is 15.4. The van der Waals surface area contributed by atoms with Gasteiger partial charge in [-0.1, -0.05) is 0 Å². The molecule has 7 heteroatoms. The number of aromatic nitrogens is 3. The summed E-state index contributed by atoms with van der Waals surface area (Å²) in [7, 11) is 0. The van der Waals surface area contributed by atoms with E-state index < -0.39 is 0 Å². The van der Waals surface area contributed by atoms with Gasteiger partial charge in [0, 0.05) is 22.9 Å². The number of hydrogen-bond acceptors (Lipinski definition) is 6. The first-order valence-corrected chi connectivity index (χ1v) is 9.04. The average Bonchev–Trinajstić information content (AvgIpc) is 2.98. The van der Waals surface area contributed by atoms with E-state index in [1.54, 1.807) is 22.3 Å². The van der Waals surface area contributed by atoms with Gasteiger partial charge in [0.2, 0.25) is 0 Å². The standard InChI is InChI=1S/C17H20N4O2S/c1-11-14(4-7-23-11)15-8-16(21(20-15)5-6-22)18-9-13-10-24-17(19-13)12-2-3-12/h4,7-8,10,12,18,22H,2-3,5-6,9H2,1H3. The number of aliphatic hydroxyl groups is 1. The second kappa shape index (κ2) is 6.41. The molecule has 0 amide bonds. The van der Waals surface area contributed by atoms with Crippen molar-refractivity contribution >= 4 is 17.2 Å². The second-order valence-corrected chi connectivity index (χ2v) is 6.95. The van der Waals surface area contributed by atoms with Crippen molar-refractivity contribution < 1.29 is 9.52 Å². The number of nitrogens with one attached hydrogen (secondary N) is 1. The van der Waals surface area contributed by atoms with E-state index >= 15 is 0 Å². The van der Waals surface area contributed by atoms with Gasteiger partial charge < -0.3 is 14.8 Å². The maximum Gasteiger partial charge on any atom is 0.125 e. The Morgan fingerprint density at radius 3 is 3.04 bits per heavy atom. The molecule has 24 heavy (non-hydrogen) atoms. The first-order valence-electron chi connectivity index (χ1n) is 8.16. The van der Waals surface area contributed by atoms with E-state index in [1.165, 1.54) is 17.8 Å². The fourth-order valence-corrected chi connectivity index (χ4v) is 3.70. The third-order valence-electron chi connectivity index (χ3n) is 4.17. The van der Waals surface area contributed by atoms with Crippen LogP contribution in [0, 0.1) is 6.92 Å². The lowest BCUT2D eigenvalue weighted by molar-refractivity contribution is 0.270. The minimum atomic E-state index is 0.0443. The third-order valence-corrected chi connectivity index (χ3v) is 5.23. The highest BCUT2D eigenvalue weighted by molar-refractivity contribution is 7.09. The zero-order valence-electron chi connectivity index (χ0n) is 13.5. The number of aliphatic hydroxyl groups excluding tert-OH is 1. The number of hydrogen-bond donors (Lipinski definition) is 2. The quantitative estimate of drug-likeness (QED) is 0.687. The van der Waals surface area contributed by atoms with Crippen LogP contribution in [-0.4, -0.2) is 26.5 Å². The number of nitrogens with zero attached hydrogens (tertiary/aromatic N) is 3. The Kier molecular flexibility index (Phi) is 4.12. The number of rotatable bonds is 7. The predicted octanol–water partition coefficient (Wildman–Crippen LogP) is 3.39. The zero-order valence-corrected chi connectivity index (χ0v) is 14.3. The molecule has 1 aliphatic carbocycles. The fourth-order valence-electron chi connectivity index (χ4n) is 2.71. The van der Waals surface area contributed by atoms with Crippen molar-refractivity contribution in [2.45, 2.75) is 38.8 Å². The number of aryl methyl sites for hydroxylation is 1. The summed E-state index contributed by atoms with van der Waals surface area (Å²) in [5, 5.41) is 20.6. The molecule has 3 heterocycles. The van der Waals surface area contributed by atoms with Crippen molar-refractivity contribution in [3.8, 4) is 11.3 Å². The maximum atomic E-state index is 9.28. The van der Waals surface area contributed by atoms with Gasteiger partial charge in [0.15, 0.2) is 0 Å². The minimum Gasteiger partial charge on any atom is -0.469 e. The molecule has 0 bridgehead atoms. The molecule has 2 N–H and O–H groups in total. The first-order chi connectivity index (χ1) is 11.7. The van der Waals surface area contributed by atoms with Crippen LogP contribution >= 0.6 is 11.3 Å². The summed E-state index contributed by atoms with van der Waals surface area (Å²) in [6.45, 7) is 3.07. The molecule has 4 rings (SSSR count). The summed E-state index contributed by atoms with van der Waals surface area (Å²) in [5.41, 5.74) is 2.87. The molecule has 6 nitrogen and oxygen atoms in total. The Labute approximate surface area is 144 Å². The molecule has 0 aromatic carbocycles. The molecule has 0 aliphatic heterocycles. The van der Waals surface area contributed by atoms with Gasteiger partial charge in [-0.2, -0.15) is 5.10 Å². The highest BCUT2D eigenvalue weighted by Gasteiger charge is 2.26. The van der Waals surface area contributed by atoms with E-state index in [-0.39, 0.29) is 6.61 Å². The van der Waals surface area contributed by atoms with Crippen LogP contribution in [0.5, 0.6) is 0 Å². The highest BCUT2D eigenvalue weighted by Crippen LogP contribution is 2.41. The van der Waals surface area contributed by atoms with E-state index in [9.17, 15) is 5.11 Å². The van der Waals surface area contributed by atoms with E-state index in [1.807, 2.05) is 19.1 Å². The van der Waals surface area contributed by atoms with E-state index in [0.717, 1.165) is 28.5 Å². The number of furan rings is 1. The molecule has 0 saturated heterocycles. The summed E-state index contributed by atoms with van der Waals surface area (Å²) < 4.78 is 7.15. The molecule has 0 atom stereocenters. The van der Waals surface area contributed by atoms with Crippen molar-refractivity contribution in [2.75, 3.05) is 11.9 Å². The smallest absolute Gasteiger partial charge is 0.125 e. The van der Waals surface area contributed by atoms with Crippen molar-refractivity contribution in [2.24, 2.45) is 0 Å². The van der Waals surface area contributed by atoms with Crippen LogP contribution in [0.15, 0.2) is 28.2 Å². The summed E-state index contributed by atoms with van der Waals surface area (Å²) in [5.74, 6) is 2.41. The molecule has 3 aromatic rings. The molecule has 126 valence electrons. The zero-order chi connectivity index (χ0) is 16.5. The topological polar surface area (TPSA) is 76.1 Å². The Balaban J connectivity index is 1.52. The van der Waals surface area contributed by atoms with Crippen molar-refractivity contribution in [1.29, 1.82) is 0 Å². The normalized spacial score (nSPS) is 14.2. The largest absolute Gasteiger partial charge is 0.469 e. The Bertz CT molecular complexity index is 831. The van der Waals surface area contributed by atoms with E-state index in [2.05, 4.69) is 15.8 Å². The Hall–Kier alpha value is -2.12. The van der Waals surface area contributed by atoms with Crippen molar-refractivity contribution in [3.63, 3.8) is 0 Å². The SMILES string of the molecule is Cc1occc1-c1cc(NCc2csc(C3CC3)n2)n(CCO)n1. The summed E-state index contributed by atoms with van der Waals surface area (Å²) in [6.07, 6.45) is 4.21. The monoisotopic (exact) mass is 344 g/mol. The van der Waals surface area contributed by atoms with Crippen LogP contribution < -0.4 is 5.32 Å². The van der Waals surface area contributed by atoms with Gasteiger partial charge in [-0.05, 0) is 25.8 Å². The van der Waals surface area contributed by atoms with Gasteiger partial charge in [0.25, 0.3) is 0 Å². The van der Waals surface area contributed by atoms with Crippen LogP contribution in [0.4, 0.5) is 5.82 Å².